The molecule has 1 aliphatic carbocycles. The van der Waals surface area contributed by atoms with Crippen LogP contribution in [0.15, 0.2) is 42.5 Å². The van der Waals surface area contributed by atoms with E-state index in [9.17, 15) is 9.18 Å². The molecule has 1 saturated carbocycles. The molecule has 0 bridgehead atoms. The van der Waals surface area contributed by atoms with Crippen LogP contribution < -0.4 is 16.0 Å². The highest BCUT2D eigenvalue weighted by Gasteiger charge is 2.29. The third-order valence-corrected chi connectivity index (χ3v) is 6.08. The van der Waals surface area contributed by atoms with Gasteiger partial charge in [0.25, 0.3) is 11.8 Å². The van der Waals surface area contributed by atoms with Crippen LogP contribution in [0, 0.1) is 5.82 Å². The number of nitrogens with two attached hydrogens (primary N) is 1. The van der Waals surface area contributed by atoms with E-state index in [4.69, 9.17) is 50.3 Å². The molecule has 1 aliphatic rings. The Bertz CT molecular complexity index is 1210. The lowest BCUT2D eigenvalue weighted by atomic mass is 10.1. The van der Waals surface area contributed by atoms with Crippen LogP contribution in [0.5, 0.6) is 11.6 Å². The number of carbonyl (C=O) groups excluding carboxylic acids is 1. The third-order valence-electron chi connectivity index (χ3n) is 5.31. The summed E-state index contributed by atoms with van der Waals surface area (Å²) in [6.07, 6.45) is 2.16. The van der Waals surface area contributed by atoms with Crippen LogP contribution in [0.2, 0.25) is 15.2 Å². The minimum atomic E-state index is -0.585. The zero-order valence-corrected chi connectivity index (χ0v) is 20.0. The average Bonchev–Trinajstić information content (AvgIpc) is 3.63. The van der Waals surface area contributed by atoms with Crippen molar-refractivity contribution in [2.24, 2.45) is 5.90 Å². The van der Waals surface area contributed by atoms with Crippen molar-refractivity contribution < 1.29 is 18.8 Å². The fourth-order valence-corrected chi connectivity index (χ4v) is 4.13. The zero-order valence-electron chi connectivity index (χ0n) is 17.7. The molecule has 0 unspecified atom stereocenters. The smallest absolute Gasteiger partial charge is 0.257 e. The number of carbonyl (C=O) groups is 1. The lowest BCUT2D eigenvalue weighted by Crippen LogP contribution is -2.40. The number of nitrogens with zero attached hydrogens (tertiary/aromatic N) is 2. The summed E-state index contributed by atoms with van der Waals surface area (Å²) in [5.41, 5.74) is 1.28. The fraction of sp³-hybridized carbons (Fsp3) is 0.261. The average molecular weight is 526 g/mol. The van der Waals surface area contributed by atoms with Gasteiger partial charge in [-0.1, -0.05) is 53.0 Å². The summed E-state index contributed by atoms with van der Waals surface area (Å²) < 4.78 is 20.6. The van der Waals surface area contributed by atoms with Crippen LogP contribution in [-0.4, -0.2) is 28.8 Å². The number of rotatable bonds is 9. The first kappa shape index (κ1) is 24.6. The van der Waals surface area contributed by atoms with Gasteiger partial charge >= 0.3 is 0 Å². The van der Waals surface area contributed by atoms with Gasteiger partial charge in [-0.25, -0.2) is 10.3 Å². The first-order valence-electron chi connectivity index (χ1n) is 10.4. The van der Waals surface area contributed by atoms with Crippen molar-refractivity contribution in [3.8, 4) is 11.6 Å². The van der Waals surface area contributed by atoms with E-state index in [-0.39, 0.29) is 34.9 Å². The van der Waals surface area contributed by atoms with Crippen molar-refractivity contribution in [2.75, 3.05) is 6.61 Å². The van der Waals surface area contributed by atoms with E-state index in [2.05, 4.69) is 15.5 Å². The van der Waals surface area contributed by atoms with Gasteiger partial charge in [-0.15, -0.1) is 10.2 Å². The lowest BCUT2D eigenvalue weighted by Gasteiger charge is -2.19. The first-order valence-corrected chi connectivity index (χ1v) is 11.5. The second-order valence-corrected chi connectivity index (χ2v) is 9.10. The van der Waals surface area contributed by atoms with E-state index in [0.29, 0.717) is 22.0 Å². The Balaban J connectivity index is 1.56. The number of halogens is 4. The Hall–Kier alpha value is -2.49. The van der Waals surface area contributed by atoms with Crippen molar-refractivity contribution in [1.29, 1.82) is 0 Å². The van der Waals surface area contributed by atoms with E-state index in [0.717, 1.165) is 18.4 Å². The largest absolute Gasteiger partial charge is 0.434 e. The quantitative estimate of drug-likeness (QED) is 0.359. The van der Waals surface area contributed by atoms with Gasteiger partial charge in [-0.3, -0.25) is 4.79 Å². The van der Waals surface area contributed by atoms with Crippen LogP contribution in [-0.2, 0) is 11.3 Å². The van der Waals surface area contributed by atoms with Crippen molar-refractivity contribution in [3.63, 3.8) is 0 Å². The number of benzene rings is 2. The van der Waals surface area contributed by atoms with Gasteiger partial charge in [0.2, 0.25) is 0 Å². The van der Waals surface area contributed by atoms with Gasteiger partial charge in [0.1, 0.15) is 5.56 Å². The van der Waals surface area contributed by atoms with Crippen molar-refractivity contribution >= 4 is 40.7 Å². The Morgan fingerprint density at radius 1 is 1.18 bits per heavy atom. The highest BCUT2D eigenvalue weighted by molar-refractivity contribution is 6.35. The van der Waals surface area contributed by atoms with Gasteiger partial charge in [0.05, 0.1) is 12.6 Å². The normalized spacial score (nSPS) is 14.0. The first-order chi connectivity index (χ1) is 16.4. The third kappa shape index (κ3) is 5.95. The van der Waals surface area contributed by atoms with Gasteiger partial charge in [0.15, 0.2) is 16.7 Å². The maximum absolute atomic E-state index is 14.9. The second-order valence-electron chi connectivity index (χ2n) is 7.87. The van der Waals surface area contributed by atoms with Crippen LogP contribution in [0.25, 0.3) is 0 Å². The molecule has 0 spiro atoms. The van der Waals surface area contributed by atoms with E-state index < -0.39 is 17.8 Å². The predicted octanol–water partition coefficient (Wildman–Crippen LogP) is 5.48. The minimum Gasteiger partial charge on any atom is -0.434 e. The molecular formula is C23H20Cl3FN4O3. The predicted molar refractivity (Wildman–Crippen MR) is 127 cm³/mol. The molecule has 2 aromatic carbocycles. The molecular weight excluding hydrogens is 506 g/mol. The molecule has 178 valence electrons. The summed E-state index contributed by atoms with van der Waals surface area (Å²) in [5.74, 6) is 4.13. The van der Waals surface area contributed by atoms with E-state index in [1.54, 1.807) is 30.3 Å². The van der Waals surface area contributed by atoms with Gasteiger partial charge in [-0.2, -0.15) is 0 Å². The molecule has 7 nitrogen and oxygen atoms in total. The Kier molecular flexibility index (Phi) is 7.85. The van der Waals surface area contributed by atoms with Crippen LogP contribution in [0.4, 0.5) is 4.39 Å². The molecule has 0 aliphatic heterocycles. The van der Waals surface area contributed by atoms with Gasteiger partial charge in [0, 0.05) is 10.0 Å². The summed E-state index contributed by atoms with van der Waals surface area (Å²) in [7, 11) is 0. The number of hydrogen-bond acceptors (Lipinski definition) is 6. The summed E-state index contributed by atoms with van der Waals surface area (Å²) in [5, 5.41) is 11.3. The summed E-state index contributed by atoms with van der Waals surface area (Å²) in [6, 6.07) is 10.6. The topological polar surface area (TPSA) is 99.4 Å². The van der Waals surface area contributed by atoms with Crippen LogP contribution in [0.1, 0.15) is 40.2 Å². The molecule has 4 rings (SSSR count). The van der Waals surface area contributed by atoms with Crippen molar-refractivity contribution in [1.82, 2.24) is 15.5 Å². The van der Waals surface area contributed by atoms with Crippen molar-refractivity contribution in [2.45, 2.75) is 31.2 Å². The molecule has 3 N–H and O–H groups in total. The van der Waals surface area contributed by atoms with Crippen LogP contribution in [0.3, 0.4) is 0 Å². The molecule has 1 atom stereocenters. The van der Waals surface area contributed by atoms with E-state index in [1.165, 1.54) is 12.1 Å². The Morgan fingerprint density at radius 2 is 1.97 bits per heavy atom. The maximum Gasteiger partial charge on any atom is 0.257 e. The molecule has 3 aromatic rings. The molecule has 0 radical (unpaired) electrons. The molecule has 1 aromatic heterocycles. The Morgan fingerprint density at radius 3 is 2.68 bits per heavy atom. The highest BCUT2D eigenvalue weighted by Crippen LogP contribution is 2.43. The number of ether oxygens (including phenoxy) is 1. The summed E-state index contributed by atoms with van der Waals surface area (Å²) in [4.78, 5) is 17.9. The summed E-state index contributed by atoms with van der Waals surface area (Å²) >= 11 is 18.2. The molecule has 1 fully saturated rings. The number of nitrogens with one attached hydrogen (secondary N) is 1. The lowest BCUT2D eigenvalue weighted by molar-refractivity contribution is 0.0837. The Labute approximate surface area is 210 Å². The fourth-order valence-electron chi connectivity index (χ4n) is 3.50. The molecule has 0 saturated heterocycles. The maximum atomic E-state index is 14.9. The monoisotopic (exact) mass is 524 g/mol. The zero-order chi connectivity index (χ0) is 24.2. The van der Waals surface area contributed by atoms with Crippen molar-refractivity contribution in [3.05, 3.63) is 80.2 Å². The van der Waals surface area contributed by atoms with Crippen LogP contribution >= 0.6 is 34.8 Å². The second kappa shape index (κ2) is 10.8. The summed E-state index contributed by atoms with van der Waals surface area (Å²) in [6.45, 7) is -0.00874. The highest BCUT2D eigenvalue weighted by atomic mass is 35.5. The molecule has 34 heavy (non-hydrogen) atoms. The van der Waals surface area contributed by atoms with Gasteiger partial charge in [-0.05, 0) is 60.6 Å². The van der Waals surface area contributed by atoms with E-state index in [1.807, 2.05) is 0 Å². The number of aromatic nitrogens is 2. The van der Waals surface area contributed by atoms with E-state index >= 15 is 0 Å². The SMILES string of the molecule is NOC[C@@H](Cc1ccc(Cl)cc1Cl)NC(=O)c1cc(Cl)nnc1Oc1cccc(C2CC2)c1F. The number of amides is 1. The molecule has 1 amide bonds. The van der Waals surface area contributed by atoms with Gasteiger partial charge < -0.3 is 14.9 Å². The molecule has 11 heteroatoms. The number of hydrogen-bond donors (Lipinski definition) is 2. The standard InChI is InChI=1S/C23H20Cl3FN4O3/c24-14-7-6-13(18(25)9-14)8-15(11-33-28)29-22(32)17-10-20(26)30-31-23(17)34-19-3-1-2-16(21(19)27)12-4-5-12/h1-3,6-7,9-10,12,15H,4-5,8,11,28H2,(H,29,32)/t15-/m1/s1. The minimum absolute atomic E-state index is 0.00874. The molecule has 1 heterocycles.